The van der Waals surface area contributed by atoms with Crippen LogP contribution in [0.1, 0.15) is 69.9 Å². The van der Waals surface area contributed by atoms with Crippen LogP contribution in [-0.2, 0) is 27.9 Å². The first-order chi connectivity index (χ1) is 21.0. The summed E-state index contributed by atoms with van der Waals surface area (Å²) in [5.74, 6) is -0.0273. The van der Waals surface area contributed by atoms with Gasteiger partial charge >= 0.3 is 5.97 Å². The van der Waals surface area contributed by atoms with Crippen LogP contribution in [0, 0.1) is 5.92 Å². The Balaban J connectivity index is 1.18. The molecule has 3 heterocycles. The van der Waals surface area contributed by atoms with E-state index in [0.717, 1.165) is 79.9 Å². The first-order valence-electron chi connectivity index (χ1n) is 15.2. The number of aryl methyl sites for hydroxylation is 1. The molecule has 6 rings (SSSR count). The van der Waals surface area contributed by atoms with Gasteiger partial charge in [0.2, 0.25) is 11.8 Å². The highest BCUT2D eigenvalue weighted by Crippen LogP contribution is 2.29. The molecule has 1 aromatic carbocycles. The average Bonchev–Trinajstić information content (AvgIpc) is 3.43. The van der Waals surface area contributed by atoms with Crippen molar-refractivity contribution in [2.24, 2.45) is 13.0 Å². The van der Waals surface area contributed by atoms with Gasteiger partial charge in [-0.15, -0.1) is 0 Å². The fourth-order valence-corrected chi connectivity index (χ4v) is 5.99. The van der Waals surface area contributed by atoms with Crippen LogP contribution in [0.3, 0.4) is 0 Å². The van der Waals surface area contributed by atoms with Crippen LogP contribution in [0.15, 0.2) is 49.2 Å². The number of rotatable bonds is 9. The minimum Gasteiger partial charge on any atom is -0.465 e. The molecule has 4 aromatic rings. The summed E-state index contributed by atoms with van der Waals surface area (Å²) >= 11 is 0. The fraction of sp³-hybridized carbons (Fsp3) is 0.469. The van der Waals surface area contributed by atoms with Gasteiger partial charge in [-0.25, -0.2) is 4.79 Å². The van der Waals surface area contributed by atoms with E-state index in [9.17, 15) is 9.59 Å². The summed E-state index contributed by atoms with van der Waals surface area (Å²) in [5, 5.41) is 5.34. The summed E-state index contributed by atoms with van der Waals surface area (Å²) < 4.78 is 13.0. The Bertz CT molecular complexity index is 1560. The number of anilines is 1. The minimum atomic E-state index is -0.424. The molecule has 224 valence electrons. The molecule has 43 heavy (non-hydrogen) atoms. The Labute approximate surface area is 250 Å². The van der Waals surface area contributed by atoms with Gasteiger partial charge in [-0.1, -0.05) is 31.7 Å². The van der Waals surface area contributed by atoms with Crippen LogP contribution >= 0.6 is 0 Å². The predicted octanol–water partition coefficient (Wildman–Crippen LogP) is 5.19. The van der Waals surface area contributed by atoms with Gasteiger partial charge < -0.3 is 9.47 Å². The highest BCUT2D eigenvalue weighted by molar-refractivity contribution is 5.94. The van der Waals surface area contributed by atoms with E-state index >= 15 is 0 Å². The van der Waals surface area contributed by atoms with Gasteiger partial charge in [-0.3, -0.25) is 29.3 Å². The maximum absolute atomic E-state index is 13.8. The van der Waals surface area contributed by atoms with Crippen molar-refractivity contribution in [1.82, 2.24) is 29.7 Å². The number of carbonyl (C=O) groups is 2. The van der Waals surface area contributed by atoms with Crippen molar-refractivity contribution in [2.75, 3.05) is 11.5 Å². The molecule has 0 saturated heterocycles. The standard InChI is InChI=1S/C32H37N7O4/c1-38-28-13-12-23(14-24(28)15-36-38)27-17-34-25(16-35-27)20-39(32(41)22-8-4-2-5-9-22)29-18-33-19-30(37-29)42-21-31(40)43-26-10-6-3-7-11-26/h12-19,22,26H,2-11,20-21H2,1H3. The lowest BCUT2D eigenvalue weighted by molar-refractivity contribution is -0.153. The quantitative estimate of drug-likeness (QED) is 0.245. The predicted molar refractivity (Wildman–Crippen MR) is 160 cm³/mol. The van der Waals surface area contributed by atoms with Crippen LogP contribution in [0.5, 0.6) is 5.88 Å². The van der Waals surface area contributed by atoms with E-state index in [4.69, 9.17) is 9.47 Å². The lowest BCUT2D eigenvalue weighted by Crippen LogP contribution is -2.37. The first-order valence-corrected chi connectivity index (χ1v) is 15.2. The number of esters is 1. The van der Waals surface area contributed by atoms with Crippen LogP contribution in [0.25, 0.3) is 22.2 Å². The zero-order chi connectivity index (χ0) is 29.6. The van der Waals surface area contributed by atoms with Crippen molar-refractivity contribution in [3.05, 3.63) is 54.9 Å². The van der Waals surface area contributed by atoms with Crippen molar-refractivity contribution in [2.45, 2.75) is 76.9 Å². The van der Waals surface area contributed by atoms with Gasteiger partial charge in [-0.2, -0.15) is 10.1 Å². The number of aromatic nitrogens is 6. The molecule has 0 radical (unpaired) electrons. The van der Waals surface area contributed by atoms with E-state index in [1.807, 2.05) is 36.1 Å². The van der Waals surface area contributed by atoms with Gasteiger partial charge in [0.15, 0.2) is 12.4 Å². The SMILES string of the molecule is Cn1ncc2cc(-c3cnc(CN(C(=O)C4CCCCC4)c4cncc(OCC(=O)OC5CCCCC5)n4)cn3)ccc21. The Hall–Kier alpha value is -4.41. The van der Waals surface area contributed by atoms with E-state index in [-0.39, 0.29) is 37.0 Å². The molecule has 0 unspecified atom stereocenters. The van der Waals surface area contributed by atoms with Crippen molar-refractivity contribution < 1.29 is 19.1 Å². The summed E-state index contributed by atoms with van der Waals surface area (Å²) in [4.78, 5) is 45.9. The lowest BCUT2D eigenvalue weighted by atomic mass is 9.88. The summed E-state index contributed by atoms with van der Waals surface area (Å²) in [6.07, 6.45) is 18.2. The van der Waals surface area contributed by atoms with Gasteiger partial charge in [0.25, 0.3) is 0 Å². The summed E-state index contributed by atoms with van der Waals surface area (Å²) in [6, 6.07) is 6.05. The van der Waals surface area contributed by atoms with E-state index in [0.29, 0.717) is 11.5 Å². The molecular weight excluding hydrogens is 546 g/mol. The molecule has 0 atom stereocenters. The second-order valence-corrected chi connectivity index (χ2v) is 11.4. The fourth-order valence-electron chi connectivity index (χ4n) is 5.99. The third-order valence-electron chi connectivity index (χ3n) is 8.35. The molecule has 0 bridgehead atoms. The van der Waals surface area contributed by atoms with Crippen molar-refractivity contribution in [1.29, 1.82) is 0 Å². The summed E-state index contributed by atoms with van der Waals surface area (Å²) in [5.41, 5.74) is 3.33. The van der Waals surface area contributed by atoms with E-state index in [1.165, 1.54) is 12.6 Å². The number of nitrogens with zero attached hydrogens (tertiary/aromatic N) is 7. The van der Waals surface area contributed by atoms with Crippen LogP contribution in [0.4, 0.5) is 5.82 Å². The number of benzene rings is 1. The lowest BCUT2D eigenvalue weighted by Gasteiger charge is -2.28. The minimum absolute atomic E-state index is 0.0178. The molecule has 0 N–H and O–H groups in total. The third-order valence-corrected chi connectivity index (χ3v) is 8.35. The molecule has 3 aromatic heterocycles. The Morgan fingerprint density at radius 1 is 0.930 bits per heavy atom. The molecule has 1 amide bonds. The van der Waals surface area contributed by atoms with E-state index < -0.39 is 5.97 Å². The Morgan fingerprint density at radius 2 is 1.72 bits per heavy atom. The number of hydrogen-bond acceptors (Lipinski definition) is 9. The topological polar surface area (TPSA) is 125 Å². The molecule has 2 fully saturated rings. The highest BCUT2D eigenvalue weighted by atomic mass is 16.6. The van der Waals surface area contributed by atoms with Crippen LogP contribution in [-0.4, -0.2) is 54.3 Å². The van der Waals surface area contributed by atoms with Gasteiger partial charge in [0, 0.05) is 23.9 Å². The maximum atomic E-state index is 13.8. The molecule has 11 nitrogen and oxygen atoms in total. The third kappa shape index (κ3) is 6.98. The number of fused-ring (bicyclic) bond motifs is 1. The molecule has 2 aliphatic carbocycles. The van der Waals surface area contributed by atoms with Crippen LogP contribution in [0.2, 0.25) is 0 Å². The van der Waals surface area contributed by atoms with Crippen molar-refractivity contribution in [3.8, 4) is 17.1 Å². The molecular formula is C32H37N7O4. The molecule has 0 spiro atoms. The summed E-state index contributed by atoms with van der Waals surface area (Å²) in [6.45, 7) is -0.0743. The second-order valence-electron chi connectivity index (χ2n) is 11.4. The first kappa shape index (κ1) is 28.7. The van der Waals surface area contributed by atoms with Crippen LogP contribution < -0.4 is 9.64 Å². The number of ether oxygens (including phenoxy) is 2. The zero-order valence-electron chi connectivity index (χ0n) is 24.5. The van der Waals surface area contributed by atoms with E-state index in [1.54, 1.807) is 23.5 Å². The smallest absolute Gasteiger partial charge is 0.344 e. The Kier molecular flexibility index (Phi) is 8.85. The molecule has 2 aliphatic rings. The largest absolute Gasteiger partial charge is 0.465 e. The normalized spacial score (nSPS) is 16.2. The van der Waals surface area contributed by atoms with Gasteiger partial charge in [0.05, 0.1) is 54.4 Å². The molecule has 11 heteroatoms. The maximum Gasteiger partial charge on any atom is 0.344 e. The van der Waals surface area contributed by atoms with Crippen molar-refractivity contribution in [3.63, 3.8) is 0 Å². The second kappa shape index (κ2) is 13.3. The number of amides is 1. The summed E-state index contributed by atoms with van der Waals surface area (Å²) in [7, 11) is 1.91. The zero-order valence-corrected chi connectivity index (χ0v) is 24.5. The van der Waals surface area contributed by atoms with Crippen molar-refractivity contribution >= 4 is 28.6 Å². The monoisotopic (exact) mass is 583 g/mol. The average molecular weight is 584 g/mol. The molecule has 0 aliphatic heterocycles. The highest BCUT2D eigenvalue weighted by Gasteiger charge is 2.29. The number of hydrogen-bond donors (Lipinski definition) is 0. The number of carbonyl (C=O) groups excluding carboxylic acids is 2. The van der Waals surface area contributed by atoms with Gasteiger partial charge in [0.1, 0.15) is 6.10 Å². The Morgan fingerprint density at radius 3 is 2.49 bits per heavy atom. The molecule has 2 saturated carbocycles. The van der Waals surface area contributed by atoms with Gasteiger partial charge in [-0.05, 0) is 50.7 Å². The van der Waals surface area contributed by atoms with E-state index in [2.05, 4.69) is 25.0 Å².